The number of nitrogens with zero attached hydrogens (tertiary/aromatic N) is 1. The van der Waals surface area contributed by atoms with Crippen molar-refractivity contribution in [2.45, 2.75) is 62.0 Å². The number of Topliss-reactive ketones (excluding diaryl/α,β-unsaturated/α-hetero) is 1. The van der Waals surface area contributed by atoms with E-state index in [-0.39, 0.29) is 36.3 Å². The molecular weight excluding hydrogens is 368 g/mol. The van der Waals surface area contributed by atoms with Crippen LogP contribution in [0.4, 0.5) is 0 Å². The minimum Gasteiger partial charge on any atom is -0.508 e. The van der Waals surface area contributed by atoms with E-state index in [0.29, 0.717) is 31.7 Å². The number of ketones is 1. The lowest BCUT2D eigenvalue weighted by molar-refractivity contribution is -0.179. The van der Waals surface area contributed by atoms with Gasteiger partial charge in [-0.25, -0.2) is 0 Å². The number of carbonyl (C=O) groups is 2. The summed E-state index contributed by atoms with van der Waals surface area (Å²) < 4.78 is 0. The number of carbonyl (C=O) groups excluding carboxylic acids is 2. The number of nitrogens with one attached hydrogen (secondary N) is 1. The van der Waals surface area contributed by atoms with Crippen molar-refractivity contribution in [2.24, 2.45) is 11.8 Å². The van der Waals surface area contributed by atoms with E-state index in [1.54, 1.807) is 12.1 Å². The van der Waals surface area contributed by atoms with E-state index in [9.17, 15) is 19.8 Å². The Morgan fingerprint density at radius 3 is 2.90 bits per heavy atom. The Balaban J connectivity index is 1.46. The molecule has 6 heteroatoms. The largest absolute Gasteiger partial charge is 0.508 e. The number of benzene rings is 1. The number of likely N-dealkylation sites (N-methyl/N-ethyl adjacent to an activating group) is 1. The Labute approximate surface area is 171 Å². The lowest BCUT2D eigenvalue weighted by Crippen LogP contribution is -2.73. The Morgan fingerprint density at radius 1 is 1.34 bits per heavy atom. The average molecular weight is 399 g/mol. The van der Waals surface area contributed by atoms with Gasteiger partial charge in [0.1, 0.15) is 11.5 Å². The molecule has 4 aliphatic rings. The fourth-order valence-corrected chi connectivity index (χ4v) is 6.17. The van der Waals surface area contributed by atoms with E-state index in [1.807, 2.05) is 13.1 Å². The van der Waals surface area contributed by atoms with Crippen molar-refractivity contribution < 1.29 is 19.8 Å². The zero-order chi connectivity index (χ0) is 20.4. The number of fused-ring (bicyclic) bond motifs is 1. The van der Waals surface area contributed by atoms with Crippen LogP contribution in [0.15, 0.2) is 18.2 Å². The van der Waals surface area contributed by atoms with Crippen LogP contribution in [0, 0.1) is 11.8 Å². The molecule has 0 aromatic heterocycles. The van der Waals surface area contributed by atoms with E-state index in [0.717, 1.165) is 17.7 Å². The molecule has 156 valence electrons. The third-order valence-electron chi connectivity index (χ3n) is 8.03. The second kappa shape index (κ2) is 6.54. The van der Waals surface area contributed by atoms with Gasteiger partial charge in [0.25, 0.3) is 0 Å². The van der Waals surface area contributed by atoms with Gasteiger partial charge in [-0.15, -0.1) is 0 Å². The molecule has 29 heavy (non-hydrogen) atoms. The van der Waals surface area contributed by atoms with Crippen molar-refractivity contribution >= 4 is 11.7 Å². The quantitative estimate of drug-likeness (QED) is 0.716. The topological polar surface area (TPSA) is 89.9 Å². The van der Waals surface area contributed by atoms with E-state index in [1.165, 1.54) is 12.8 Å². The highest BCUT2D eigenvalue weighted by Crippen LogP contribution is 2.58. The summed E-state index contributed by atoms with van der Waals surface area (Å²) >= 11 is 0. The predicted octanol–water partition coefficient (Wildman–Crippen LogP) is 1.52. The molecule has 0 radical (unpaired) electrons. The number of phenolic OH excluding ortho intramolecular Hbond substituents is 1. The molecule has 1 amide bonds. The number of hydrogen-bond donors (Lipinski definition) is 3. The van der Waals surface area contributed by atoms with Crippen molar-refractivity contribution in [3.8, 4) is 5.75 Å². The van der Waals surface area contributed by atoms with Gasteiger partial charge in [0.15, 0.2) is 0 Å². The molecule has 1 aliphatic heterocycles. The van der Waals surface area contributed by atoms with Crippen LogP contribution in [0.5, 0.6) is 5.75 Å². The maximum atomic E-state index is 13.2. The fourth-order valence-electron chi connectivity index (χ4n) is 6.17. The Morgan fingerprint density at radius 2 is 2.14 bits per heavy atom. The molecule has 1 aromatic carbocycles. The molecule has 6 nitrogen and oxygen atoms in total. The van der Waals surface area contributed by atoms with Crippen LogP contribution in [-0.2, 0) is 21.4 Å². The highest BCUT2D eigenvalue weighted by atomic mass is 16.3. The summed E-state index contributed by atoms with van der Waals surface area (Å²) in [4.78, 5) is 27.8. The molecule has 2 saturated carbocycles. The zero-order valence-electron chi connectivity index (χ0n) is 17.0. The summed E-state index contributed by atoms with van der Waals surface area (Å²) in [7, 11) is 2.03. The molecule has 5 rings (SSSR count). The first kappa shape index (κ1) is 19.1. The second-order valence-electron chi connectivity index (χ2n) is 9.79. The molecule has 1 aromatic rings. The minimum atomic E-state index is -1.07. The van der Waals surface area contributed by atoms with Crippen molar-refractivity contribution in [1.82, 2.24) is 10.2 Å². The van der Waals surface area contributed by atoms with Gasteiger partial charge in [-0.1, -0.05) is 6.07 Å². The van der Waals surface area contributed by atoms with Crippen LogP contribution in [0.25, 0.3) is 0 Å². The molecule has 1 heterocycles. The number of rotatable bonds is 4. The van der Waals surface area contributed by atoms with Crippen LogP contribution in [0.3, 0.4) is 0 Å². The van der Waals surface area contributed by atoms with Crippen molar-refractivity contribution in [3.05, 3.63) is 29.3 Å². The molecule has 3 aliphatic carbocycles. The third-order valence-corrected chi connectivity index (χ3v) is 8.03. The van der Waals surface area contributed by atoms with Crippen molar-refractivity contribution in [1.29, 1.82) is 0 Å². The Bertz CT molecular complexity index is 866. The molecule has 0 spiro atoms. The predicted molar refractivity (Wildman–Crippen MR) is 108 cm³/mol. The number of piperidine rings is 1. The van der Waals surface area contributed by atoms with Crippen LogP contribution < -0.4 is 5.32 Å². The standard InChI is InChI=1S/C23H30N2O4/c1-25-7-6-22-12-19(27)16(9-21(28)24-13-14-2-3-14)11-23(22,29)20(25)8-15-4-5-17(26)10-18(15)22/h4-5,10,14,16,20,26,29H,2-3,6-9,11-13H2,1H3,(H,24,28)/t16-,20+,22+,23+/m0/s1. The monoisotopic (exact) mass is 398 g/mol. The minimum absolute atomic E-state index is 0.0655. The summed E-state index contributed by atoms with van der Waals surface area (Å²) in [6.45, 7) is 1.51. The van der Waals surface area contributed by atoms with Crippen LogP contribution in [0.1, 0.15) is 49.7 Å². The van der Waals surface area contributed by atoms with Crippen LogP contribution >= 0.6 is 0 Å². The molecular formula is C23H30N2O4. The molecule has 3 fully saturated rings. The van der Waals surface area contributed by atoms with Crippen molar-refractivity contribution in [3.63, 3.8) is 0 Å². The second-order valence-corrected chi connectivity index (χ2v) is 9.79. The number of phenols is 1. The maximum Gasteiger partial charge on any atom is 0.220 e. The van der Waals surface area contributed by atoms with Gasteiger partial charge in [-0.05, 0) is 74.9 Å². The van der Waals surface area contributed by atoms with Gasteiger partial charge >= 0.3 is 0 Å². The zero-order valence-corrected chi connectivity index (χ0v) is 17.0. The van der Waals surface area contributed by atoms with Gasteiger partial charge in [0.2, 0.25) is 5.91 Å². The first-order chi connectivity index (χ1) is 13.8. The van der Waals surface area contributed by atoms with Gasteiger partial charge in [-0.3, -0.25) is 9.59 Å². The van der Waals surface area contributed by atoms with Crippen LogP contribution in [0.2, 0.25) is 0 Å². The van der Waals surface area contributed by atoms with Gasteiger partial charge in [-0.2, -0.15) is 0 Å². The normalized spacial score (nSPS) is 36.3. The molecule has 2 bridgehead atoms. The number of hydrogen-bond acceptors (Lipinski definition) is 5. The SMILES string of the molecule is CN1CC[C@]23CC(=O)[C@@H](CC(=O)NCC4CC4)C[C@@]2(O)[C@H]1Cc1ccc(O)cc13. The van der Waals surface area contributed by atoms with Gasteiger partial charge < -0.3 is 20.4 Å². The number of aliphatic hydroxyl groups is 1. The Kier molecular flexibility index (Phi) is 4.30. The molecule has 3 N–H and O–H groups in total. The fraction of sp³-hybridized carbons (Fsp3) is 0.652. The lowest BCUT2D eigenvalue weighted by Gasteiger charge is -2.63. The Hall–Kier alpha value is -1.92. The van der Waals surface area contributed by atoms with E-state index in [2.05, 4.69) is 10.2 Å². The smallest absolute Gasteiger partial charge is 0.220 e. The summed E-state index contributed by atoms with van der Waals surface area (Å²) in [6, 6.07) is 5.28. The highest BCUT2D eigenvalue weighted by molar-refractivity contribution is 5.89. The first-order valence-corrected chi connectivity index (χ1v) is 10.9. The average Bonchev–Trinajstić information content (AvgIpc) is 3.49. The molecule has 4 atom stereocenters. The number of aromatic hydroxyl groups is 1. The number of amides is 1. The van der Waals surface area contributed by atoms with Crippen LogP contribution in [-0.4, -0.2) is 58.6 Å². The molecule has 1 saturated heterocycles. The molecule has 0 unspecified atom stereocenters. The van der Waals surface area contributed by atoms with Gasteiger partial charge in [0, 0.05) is 36.8 Å². The number of likely N-dealkylation sites (tertiary alicyclic amines) is 1. The van der Waals surface area contributed by atoms with Crippen molar-refractivity contribution in [2.75, 3.05) is 20.1 Å². The van der Waals surface area contributed by atoms with E-state index < -0.39 is 16.9 Å². The maximum absolute atomic E-state index is 13.2. The van der Waals surface area contributed by atoms with Gasteiger partial charge in [0.05, 0.1) is 5.60 Å². The summed E-state index contributed by atoms with van der Waals surface area (Å²) in [5.74, 6) is 0.314. The third kappa shape index (κ3) is 2.91. The summed E-state index contributed by atoms with van der Waals surface area (Å²) in [5, 5.41) is 25.2. The summed E-state index contributed by atoms with van der Waals surface area (Å²) in [6.07, 6.45) is 4.43. The summed E-state index contributed by atoms with van der Waals surface area (Å²) in [5.41, 5.74) is 0.289. The first-order valence-electron chi connectivity index (χ1n) is 10.9. The van der Waals surface area contributed by atoms with E-state index in [4.69, 9.17) is 0 Å². The van der Waals surface area contributed by atoms with E-state index >= 15 is 0 Å². The highest BCUT2D eigenvalue weighted by Gasteiger charge is 2.66. The lowest BCUT2D eigenvalue weighted by atomic mass is 9.47.